The molecule has 0 fully saturated rings. The number of carbonyl (C=O) groups excluding carboxylic acids is 1. The smallest absolute Gasteiger partial charge is 0.338 e. The van der Waals surface area contributed by atoms with E-state index in [-0.39, 0.29) is 12.1 Å². The summed E-state index contributed by atoms with van der Waals surface area (Å²) < 4.78 is 7.76. The highest BCUT2D eigenvalue weighted by atomic mass is 33.1. The van der Waals surface area contributed by atoms with Gasteiger partial charge in [0.25, 0.3) is 0 Å². The van der Waals surface area contributed by atoms with Crippen LogP contribution in [0, 0.1) is 0 Å². The summed E-state index contributed by atoms with van der Waals surface area (Å²) in [4.78, 5) is 12.3. The highest BCUT2D eigenvalue weighted by Crippen LogP contribution is 2.35. The molecule has 0 spiro atoms. The lowest BCUT2D eigenvalue weighted by molar-refractivity contribution is -0.403. The number of benzene rings is 1. The zero-order chi connectivity index (χ0) is 16.3. The molecule has 0 N–H and O–H groups in total. The Bertz CT molecular complexity index is 598. The first-order chi connectivity index (χ1) is 10.5. The quantitative estimate of drug-likeness (QED) is 0.434. The number of nitrogens with zero attached hydrogens (tertiary/aromatic N) is 1. The lowest BCUT2D eigenvalue weighted by atomic mass is 9.95. The largest absolute Gasteiger partial charge is 0.458 e. The minimum absolute atomic E-state index is 0.0731. The average Bonchev–Trinajstić information content (AvgIpc) is 2.75. The summed E-state index contributed by atoms with van der Waals surface area (Å²) >= 11 is 0. The van der Waals surface area contributed by atoms with Crippen LogP contribution in [0.1, 0.15) is 49.0 Å². The van der Waals surface area contributed by atoms with Crippen molar-refractivity contribution in [1.29, 1.82) is 0 Å². The van der Waals surface area contributed by atoms with Crippen LogP contribution in [0.25, 0.3) is 0 Å². The Morgan fingerprint density at radius 2 is 2.18 bits per heavy atom. The van der Waals surface area contributed by atoms with E-state index < -0.39 is 0 Å². The van der Waals surface area contributed by atoms with E-state index in [1.165, 1.54) is 17.0 Å². The second-order valence-corrected chi connectivity index (χ2v) is 8.18. The average molecular weight is 339 g/mol. The van der Waals surface area contributed by atoms with E-state index in [1.807, 2.05) is 31.4 Å². The van der Waals surface area contributed by atoms with Crippen molar-refractivity contribution in [1.82, 2.24) is 0 Å². The fourth-order valence-electron chi connectivity index (χ4n) is 2.95. The summed E-state index contributed by atoms with van der Waals surface area (Å²) in [7, 11) is 5.49. The lowest BCUT2D eigenvalue weighted by Crippen LogP contribution is -2.17. The Labute approximate surface area is 140 Å². The van der Waals surface area contributed by atoms with Gasteiger partial charge in [-0.1, -0.05) is 28.5 Å². The molecule has 5 heteroatoms. The van der Waals surface area contributed by atoms with E-state index in [2.05, 4.69) is 25.5 Å². The SMILES string of the molecule is CCC1=[N+](C)c2ccc(C(=O)OC(C)CSSC)cc2C1C. The Balaban J connectivity index is 2.14. The molecule has 2 atom stereocenters. The first-order valence-corrected chi connectivity index (χ1v) is 10.3. The van der Waals surface area contributed by atoms with Crippen LogP contribution in [0.4, 0.5) is 5.69 Å². The molecule has 1 aliphatic heterocycles. The fourth-order valence-corrected chi connectivity index (χ4v) is 4.33. The first-order valence-electron chi connectivity index (χ1n) is 7.59. The number of ether oxygens (including phenoxy) is 1. The van der Waals surface area contributed by atoms with Crippen LogP contribution >= 0.6 is 21.6 Å². The van der Waals surface area contributed by atoms with Crippen molar-refractivity contribution in [3.8, 4) is 0 Å². The molecule has 1 aromatic rings. The van der Waals surface area contributed by atoms with Crippen molar-refractivity contribution >= 4 is 39.0 Å². The lowest BCUT2D eigenvalue weighted by Gasteiger charge is -2.12. The summed E-state index contributed by atoms with van der Waals surface area (Å²) in [5.74, 6) is 0.948. The fraction of sp³-hybridized carbons (Fsp3) is 0.529. The van der Waals surface area contributed by atoms with Gasteiger partial charge in [0.2, 0.25) is 5.69 Å². The number of carbonyl (C=O) groups is 1. The summed E-state index contributed by atoms with van der Waals surface area (Å²) in [6.07, 6.45) is 2.98. The van der Waals surface area contributed by atoms with E-state index in [0.717, 1.165) is 12.2 Å². The zero-order valence-electron chi connectivity index (χ0n) is 13.9. The molecule has 120 valence electrons. The molecule has 2 rings (SSSR count). The van der Waals surface area contributed by atoms with Gasteiger partial charge >= 0.3 is 5.97 Å². The summed E-state index contributed by atoms with van der Waals surface area (Å²) in [6.45, 7) is 6.32. The van der Waals surface area contributed by atoms with Crippen molar-refractivity contribution in [2.24, 2.45) is 0 Å². The standard InChI is InChI=1S/C17H24NO2S2/c1-6-15-12(3)14-9-13(7-8-16(14)18(15)4)17(19)20-11(2)10-22-21-5/h7-9,11-12H,6,10H2,1-5H3/q+1. The third-order valence-electron chi connectivity index (χ3n) is 4.11. The molecule has 1 heterocycles. The van der Waals surface area contributed by atoms with Gasteiger partial charge in [-0.3, -0.25) is 0 Å². The van der Waals surface area contributed by atoms with E-state index in [4.69, 9.17) is 4.74 Å². The van der Waals surface area contributed by atoms with Gasteiger partial charge in [0.05, 0.1) is 11.5 Å². The van der Waals surface area contributed by atoms with Crippen LogP contribution in [0.5, 0.6) is 0 Å². The Hall–Kier alpha value is -0.940. The number of hydrogen-bond acceptors (Lipinski definition) is 4. The number of fused-ring (bicyclic) bond motifs is 1. The second-order valence-electron chi connectivity index (χ2n) is 5.57. The van der Waals surface area contributed by atoms with Gasteiger partial charge < -0.3 is 4.74 Å². The summed E-state index contributed by atoms with van der Waals surface area (Å²) in [5.41, 5.74) is 4.47. The molecular weight excluding hydrogens is 314 g/mol. The minimum Gasteiger partial charge on any atom is -0.458 e. The third kappa shape index (κ3) is 3.51. The van der Waals surface area contributed by atoms with Crippen LogP contribution < -0.4 is 0 Å². The maximum Gasteiger partial charge on any atom is 0.338 e. The first kappa shape index (κ1) is 17.4. The Morgan fingerprint density at radius 3 is 2.82 bits per heavy atom. The van der Waals surface area contributed by atoms with E-state index in [0.29, 0.717) is 11.5 Å². The predicted octanol–water partition coefficient (Wildman–Crippen LogP) is 4.49. The Kier molecular flexibility index (Phi) is 5.98. The van der Waals surface area contributed by atoms with Crippen molar-refractivity contribution in [2.45, 2.75) is 39.2 Å². The molecule has 1 aliphatic rings. The Morgan fingerprint density at radius 1 is 1.45 bits per heavy atom. The van der Waals surface area contributed by atoms with E-state index in [1.54, 1.807) is 21.6 Å². The molecule has 22 heavy (non-hydrogen) atoms. The molecule has 0 aliphatic carbocycles. The molecule has 2 unspecified atom stereocenters. The molecule has 0 saturated carbocycles. The predicted molar refractivity (Wildman–Crippen MR) is 96.8 cm³/mol. The van der Waals surface area contributed by atoms with Crippen molar-refractivity contribution in [3.63, 3.8) is 0 Å². The van der Waals surface area contributed by atoms with Gasteiger partial charge in [0.1, 0.15) is 13.2 Å². The van der Waals surface area contributed by atoms with Crippen molar-refractivity contribution < 1.29 is 14.1 Å². The monoisotopic (exact) mass is 338 g/mol. The van der Waals surface area contributed by atoms with Gasteiger partial charge in [-0.2, -0.15) is 0 Å². The van der Waals surface area contributed by atoms with Gasteiger partial charge in [0, 0.05) is 23.8 Å². The highest BCUT2D eigenvalue weighted by Gasteiger charge is 2.33. The van der Waals surface area contributed by atoms with E-state index in [9.17, 15) is 4.79 Å². The van der Waals surface area contributed by atoms with Crippen molar-refractivity contribution in [2.75, 3.05) is 19.1 Å². The molecule has 0 bridgehead atoms. The molecule has 0 radical (unpaired) electrons. The second kappa shape index (κ2) is 7.55. The third-order valence-corrected chi connectivity index (χ3v) is 6.07. The minimum atomic E-state index is -0.225. The molecule has 0 aromatic heterocycles. The van der Waals surface area contributed by atoms with E-state index >= 15 is 0 Å². The zero-order valence-corrected chi connectivity index (χ0v) is 15.5. The topological polar surface area (TPSA) is 29.3 Å². The van der Waals surface area contributed by atoms with Crippen LogP contribution in [0.2, 0.25) is 0 Å². The van der Waals surface area contributed by atoms with Crippen LogP contribution in [-0.2, 0) is 4.74 Å². The molecule has 3 nitrogen and oxygen atoms in total. The number of rotatable bonds is 6. The number of esters is 1. The maximum atomic E-state index is 12.3. The normalized spacial score (nSPS) is 18.3. The van der Waals surface area contributed by atoms with Crippen LogP contribution in [0.3, 0.4) is 0 Å². The molecule has 0 saturated heterocycles. The summed E-state index contributed by atoms with van der Waals surface area (Å²) in [6, 6.07) is 5.90. The molecule has 0 amide bonds. The maximum absolute atomic E-state index is 12.3. The molecular formula is C17H24NO2S2+. The number of hydrogen-bond donors (Lipinski definition) is 0. The van der Waals surface area contributed by atoms with Crippen LogP contribution in [-0.4, -0.2) is 41.4 Å². The van der Waals surface area contributed by atoms with Crippen molar-refractivity contribution in [3.05, 3.63) is 29.3 Å². The van der Waals surface area contributed by atoms with Gasteiger partial charge in [-0.05, 0) is 32.2 Å². The summed E-state index contributed by atoms with van der Waals surface area (Å²) in [5, 5.41) is 0. The van der Waals surface area contributed by atoms with Gasteiger partial charge in [-0.25, -0.2) is 9.37 Å². The highest BCUT2D eigenvalue weighted by molar-refractivity contribution is 8.76. The van der Waals surface area contributed by atoms with Gasteiger partial charge in [-0.15, -0.1) is 0 Å². The van der Waals surface area contributed by atoms with Gasteiger partial charge in [0.15, 0.2) is 5.71 Å². The molecule has 1 aromatic carbocycles. The van der Waals surface area contributed by atoms with Crippen LogP contribution in [0.15, 0.2) is 18.2 Å².